The molecule has 0 unspecified atom stereocenters. The summed E-state index contributed by atoms with van der Waals surface area (Å²) in [7, 11) is -3.59. The number of nitrogens with zero attached hydrogens (tertiary/aromatic N) is 1. The van der Waals surface area contributed by atoms with Crippen LogP contribution in [0.3, 0.4) is 0 Å². The first kappa shape index (κ1) is 23.2. The lowest BCUT2D eigenvalue weighted by Gasteiger charge is -2.20. The van der Waals surface area contributed by atoms with Crippen molar-refractivity contribution >= 4 is 39.2 Å². The van der Waals surface area contributed by atoms with E-state index in [1.165, 1.54) is 28.6 Å². The fraction of sp³-hybridized carbons (Fsp3) is 0.364. The lowest BCUT2D eigenvalue weighted by molar-refractivity contribution is -0.119. The van der Waals surface area contributed by atoms with Crippen LogP contribution in [0, 0.1) is 6.92 Å². The summed E-state index contributed by atoms with van der Waals surface area (Å²) in [5.41, 5.74) is 1.54. The third kappa shape index (κ3) is 6.06. The molecule has 0 aromatic heterocycles. The maximum Gasteiger partial charge on any atom is 0.338 e. The monoisotopic (exact) mass is 464 g/mol. The molecule has 0 spiro atoms. The smallest absolute Gasteiger partial charge is 0.338 e. The summed E-state index contributed by atoms with van der Waals surface area (Å²) in [6, 6.07) is 10.7. The predicted molar refractivity (Wildman–Crippen MR) is 119 cm³/mol. The van der Waals surface area contributed by atoms with Crippen molar-refractivity contribution in [2.24, 2.45) is 0 Å². The molecule has 0 radical (unpaired) electrons. The second-order valence-corrected chi connectivity index (χ2v) is 9.80. The average Bonchev–Trinajstić information content (AvgIpc) is 3.04. The van der Waals surface area contributed by atoms with E-state index < -0.39 is 28.5 Å². The number of hydrogen-bond donors (Lipinski definition) is 1. The van der Waals surface area contributed by atoms with Gasteiger partial charge in [0, 0.05) is 13.1 Å². The lowest BCUT2D eigenvalue weighted by Crippen LogP contribution is -2.31. The molecule has 0 atom stereocenters. The number of halogens is 1. The maximum absolute atomic E-state index is 12.8. The summed E-state index contributed by atoms with van der Waals surface area (Å²) in [6.45, 7) is 2.40. The van der Waals surface area contributed by atoms with E-state index in [4.69, 9.17) is 16.3 Å². The lowest BCUT2D eigenvalue weighted by atomic mass is 10.2. The average molecular weight is 465 g/mol. The zero-order valence-corrected chi connectivity index (χ0v) is 18.8. The largest absolute Gasteiger partial charge is 0.452 e. The van der Waals surface area contributed by atoms with Crippen molar-refractivity contribution in [2.45, 2.75) is 37.5 Å². The van der Waals surface area contributed by atoms with Gasteiger partial charge >= 0.3 is 5.97 Å². The highest BCUT2D eigenvalue weighted by atomic mass is 35.5. The van der Waals surface area contributed by atoms with Crippen LogP contribution in [0.2, 0.25) is 5.02 Å². The first-order chi connectivity index (χ1) is 14.8. The number of hydrogen-bond acceptors (Lipinski definition) is 5. The molecule has 2 aromatic carbocycles. The Morgan fingerprint density at radius 3 is 2.29 bits per heavy atom. The van der Waals surface area contributed by atoms with E-state index in [2.05, 4.69) is 5.32 Å². The second-order valence-electron chi connectivity index (χ2n) is 7.45. The van der Waals surface area contributed by atoms with Crippen LogP contribution in [0.1, 0.15) is 41.6 Å². The number of amides is 1. The number of esters is 1. The Morgan fingerprint density at radius 1 is 1.03 bits per heavy atom. The number of benzene rings is 2. The minimum atomic E-state index is -3.59. The summed E-state index contributed by atoms with van der Waals surface area (Å²) in [5, 5.41) is 2.97. The maximum atomic E-state index is 12.8. The number of aryl methyl sites for hydroxylation is 1. The highest BCUT2D eigenvalue weighted by Gasteiger charge is 2.25. The van der Waals surface area contributed by atoms with Crippen LogP contribution >= 0.6 is 11.6 Å². The number of carbonyl (C=O) groups excluding carboxylic acids is 2. The second kappa shape index (κ2) is 10.3. The molecule has 3 rings (SSSR count). The Kier molecular flexibility index (Phi) is 7.69. The molecule has 0 bridgehead atoms. The van der Waals surface area contributed by atoms with E-state index in [-0.39, 0.29) is 10.5 Å². The summed E-state index contributed by atoms with van der Waals surface area (Å²) >= 11 is 6.07. The number of rotatable bonds is 6. The molecule has 166 valence electrons. The summed E-state index contributed by atoms with van der Waals surface area (Å²) in [6.07, 6.45) is 3.75. The van der Waals surface area contributed by atoms with Crippen LogP contribution in [0.15, 0.2) is 47.4 Å². The van der Waals surface area contributed by atoms with E-state index in [1.54, 1.807) is 18.2 Å². The van der Waals surface area contributed by atoms with E-state index in [0.717, 1.165) is 31.2 Å². The molecular formula is C22H25ClN2O5S. The van der Waals surface area contributed by atoms with Gasteiger partial charge in [-0.25, -0.2) is 13.2 Å². The van der Waals surface area contributed by atoms with Gasteiger partial charge in [-0.2, -0.15) is 4.31 Å². The van der Waals surface area contributed by atoms with Gasteiger partial charge in [0.2, 0.25) is 10.0 Å². The highest BCUT2D eigenvalue weighted by molar-refractivity contribution is 7.89. The molecule has 1 aliphatic heterocycles. The molecule has 9 heteroatoms. The zero-order valence-electron chi connectivity index (χ0n) is 17.3. The van der Waals surface area contributed by atoms with Crippen LogP contribution in [0.4, 0.5) is 5.69 Å². The third-order valence-corrected chi connectivity index (χ3v) is 7.25. The Hall–Kier alpha value is -2.42. The van der Waals surface area contributed by atoms with Crippen LogP contribution in [0.25, 0.3) is 0 Å². The fourth-order valence-electron chi connectivity index (χ4n) is 3.32. The third-order valence-electron chi connectivity index (χ3n) is 5.03. The molecule has 2 aromatic rings. The summed E-state index contributed by atoms with van der Waals surface area (Å²) in [4.78, 5) is 24.4. The Bertz CT molecular complexity index is 1050. The van der Waals surface area contributed by atoms with Gasteiger partial charge in [0.05, 0.1) is 21.2 Å². The normalized spacial score (nSPS) is 15.2. The van der Waals surface area contributed by atoms with Gasteiger partial charge in [-0.1, -0.05) is 30.5 Å². The number of anilines is 1. The standard InChI is InChI=1S/C22H25ClN2O5S/c1-16-6-11-20(19(23)14-16)24-21(26)15-30-22(27)17-7-9-18(10-8-17)31(28,29)25-12-4-2-3-5-13-25/h6-11,14H,2-5,12-13,15H2,1H3,(H,24,26). The predicted octanol–water partition coefficient (Wildman–Crippen LogP) is 4.01. The highest BCUT2D eigenvalue weighted by Crippen LogP contribution is 2.23. The summed E-state index contributed by atoms with van der Waals surface area (Å²) < 4.78 is 32.1. The van der Waals surface area contributed by atoms with Gasteiger partial charge in [0.25, 0.3) is 5.91 Å². The minimum absolute atomic E-state index is 0.137. The molecule has 31 heavy (non-hydrogen) atoms. The van der Waals surface area contributed by atoms with Gasteiger partial charge in [0.1, 0.15) is 0 Å². The Morgan fingerprint density at radius 2 is 1.68 bits per heavy atom. The number of nitrogens with one attached hydrogen (secondary N) is 1. The van der Waals surface area contributed by atoms with Crippen molar-refractivity contribution in [3.63, 3.8) is 0 Å². The first-order valence-electron chi connectivity index (χ1n) is 10.1. The molecule has 1 N–H and O–H groups in total. The van der Waals surface area contributed by atoms with Gasteiger partial charge in [-0.3, -0.25) is 4.79 Å². The van der Waals surface area contributed by atoms with Crippen LogP contribution < -0.4 is 5.32 Å². The van der Waals surface area contributed by atoms with Crippen molar-refractivity contribution in [3.8, 4) is 0 Å². The fourth-order valence-corrected chi connectivity index (χ4v) is 5.12. The van der Waals surface area contributed by atoms with Crippen LogP contribution in [-0.4, -0.2) is 44.3 Å². The molecule has 1 saturated heterocycles. The van der Waals surface area contributed by atoms with E-state index in [1.807, 2.05) is 6.92 Å². The number of carbonyl (C=O) groups is 2. The van der Waals surface area contributed by atoms with Crippen molar-refractivity contribution in [1.82, 2.24) is 4.31 Å². The summed E-state index contributed by atoms with van der Waals surface area (Å²) in [5.74, 6) is -1.25. The van der Waals surface area contributed by atoms with Crippen molar-refractivity contribution in [1.29, 1.82) is 0 Å². The van der Waals surface area contributed by atoms with Crippen LogP contribution in [0.5, 0.6) is 0 Å². The Balaban J connectivity index is 1.58. The van der Waals surface area contributed by atoms with Gasteiger partial charge in [-0.15, -0.1) is 0 Å². The Labute approximate surface area is 187 Å². The topological polar surface area (TPSA) is 92.8 Å². The molecular weight excluding hydrogens is 440 g/mol. The van der Waals surface area contributed by atoms with Gasteiger partial charge < -0.3 is 10.1 Å². The molecule has 1 heterocycles. The van der Waals surface area contributed by atoms with Crippen molar-refractivity contribution in [2.75, 3.05) is 25.0 Å². The first-order valence-corrected chi connectivity index (χ1v) is 11.9. The SMILES string of the molecule is Cc1ccc(NC(=O)COC(=O)c2ccc(S(=O)(=O)N3CCCCCC3)cc2)c(Cl)c1. The minimum Gasteiger partial charge on any atom is -0.452 e. The van der Waals surface area contributed by atoms with E-state index in [9.17, 15) is 18.0 Å². The van der Waals surface area contributed by atoms with E-state index >= 15 is 0 Å². The van der Waals surface area contributed by atoms with Crippen LogP contribution in [-0.2, 0) is 19.6 Å². The van der Waals surface area contributed by atoms with Gasteiger partial charge in [-0.05, 0) is 61.7 Å². The quantitative estimate of drug-likeness (QED) is 0.652. The molecule has 1 aliphatic rings. The van der Waals surface area contributed by atoms with Gasteiger partial charge in [0.15, 0.2) is 6.61 Å². The number of ether oxygens (including phenoxy) is 1. The molecule has 1 amide bonds. The van der Waals surface area contributed by atoms with Crippen molar-refractivity contribution < 1.29 is 22.7 Å². The molecule has 7 nitrogen and oxygen atoms in total. The zero-order chi connectivity index (χ0) is 22.4. The molecule has 1 fully saturated rings. The van der Waals surface area contributed by atoms with Crippen molar-refractivity contribution in [3.05, 3.63) is 58.6 Å². The number of sulfonamides is 1. The molecule has 0 aliphatic carbocycles. The molecule has 0 saturated carbocycles. The van der Waals surface area contributed by atoms with E-state index in [0.29, 0.717) is 23.8 Å².